The van der Waals surface area contributed by atoms with Gasteiger partial charge in [-0.15, -0.1) is 0 Å². The molecule has 0 fully saturated rings. The molecule has 0 saturated carbocycles. The van der Waals surface area contributed by atoms with Crippen LogP contribution in [0.25, 0.3) is 0 Å². The Hall–Kier alpha value is -2.28. The van der Waals surface area contributed by atoms with E-state index in [1.807, 2.05) is 13.0 Å². The molecule has 122 valence electrons. The van der Waals surface area contributed by atoms with Gasteiger partial charge >= 0.3 is 0 Å². The van der Waals surface area contributed by atoms with Crippen molar-refractivity contribution in [2.24, 2.45) is 0 Å². The molecule has 2 aromatic rings. The number of aromatic nitrogens is 2. The molecular weight excluding hydrogens is 313 g/mol. The van der Waals surface area contributed by atoms with Gasteiger partial charge in [-0.05, 0) is 49.8 Å². The Morgan fingerprint density at radius 3 is 2.65 bits per heavy atom. The van der Waals surface area contributed by atoms with Gasteiger partial charge in [-0.25, -0.2) is 9.37 Å². The number of nitrogens with one attached hydrogen (secondary N) is 3. The lowest BCUT2D eigenvalue weighted by Crippen LogP contribution is -2.30. The molecular formula is C16H20FN5S. The van der Waals surface area contributed by atoms with Crippen LogP contribution < -0.4 is 16.0 Å². The largest absolute Gasteiger partial charge is 0.362 e. The molecule has 0 spiro atoms. The van der Waals surface area contributed by atoms with Crippen molar-refractivity contribution in [3.63, 3.8) is 0 Å². The number of rotatable bonds is 6. The molecule has 0 unspecified atom stereocenters. The van der Waals surface area contributed by atoms with Crippen molar-refractivity contribution in [3.05, 3.63) is 41.8 Å². The zero-order valence-corrected chi connectivity index (χ0v) is 14.0. The molecule has 0 aliphatic rings. The van der Waals surface area contributed by atoms with Gasteiger partial charge in [0.25, 0.3) is 0 Å². The molecule has 3 N–H and O–H groups in total. The Morgan fingerprint density at radius 1 is 1.22 bits per heavy atom. The lowest BCUT2D eigenvalue weighted by atomic mass is 10.3. The molecule has 0 saturated heterocycles. The first-order chi connectivity index (χ1) is 11.1. The molecule has 0 amide bonds. The third-order valence-electron chi connectivity index (χ3n) is 3.01. The summed E-state index contributed by atoms with van der Waals surface area (Å²) in [6.07, 6.45) is 2.15. The zero-order chi connectivity index (χ0) is 16.7. The number of hydrogen-bond donors (Lipinski definition) is 3. The van der Waals surface area contributed by atoms with E-state index in [4.69, 9.17) is 12.2 Å². The fourth-order valence-corrected chi connectivity index (χ4v) is 2.09. The van der Waals surface area contributed by atoms with Crippen LogP contribution in [0.2, 0.25) is 0 Å². The Morgan fingerprint density at radius 2 is 1.96 bits per heavy atom. The highest BCUT2D eigenvalue weighted by Crippen LogP contribution is 2.17. The Balaban J connectivity index is 2.03. The maximum atomic E-state index is 12.9. The van der Waals surface area contributed by atoms with Crippen LogP contribution in [-0.2, 0) is 0 Å². The molecule has 23 heavy (non-hydrogen) atoms. The standard InChI is InChI=1S/C16H20FN5S/c1-3-4-9-18-16(23)22-15-19-11(2)10-14(21-15)20-13-7-5-12(17)6-8-13/h5-8,10H,3-4,9H2,1-2H3,(H3,18,19,20,21,22,23). The van der Waals surface area contributed by atoms with Crippen LogP contribution in [0, 0.1) is 12.7 Å². The molecule has 1 aromatic carbocycles. The normalized spacial score (nSPS) is 10.2. The van der Waals surface area contributed by atoms with E-state index in [0.717, 1.165) is 30.8 Å². The van der Waals surface area contributed by atoms with Gasteiger partial charge in [0.15, 0.2) is 5.11 Å². The number of aryl methyl sites for hydroxylation is 1. The van der Waals surface area contributed by atoms with E-state index in [1.54, 1.807) is 12.1 Å². The van der Waals surface area contributed by atoms with Gasteiger partial charge in [0, 0.05) is 24.0 Å². The molecule has 0 aliphatic heterocycles. The molecule has 1 heterocycles. The lowest BCUT2D eigenvalue weighted by Gasteiger charge is -2.11. The van der Waals surface area contributed by atoms with Crippen molar-refractivity contribution in [2.75, 3.05) is 17.2 Å². The molecule has 0 atom stereocenters. The van der Waals surface area contributed by atoms with Crippen molar-refractivity contribution in [2.45, 2.75) is 26.7 Å². The van der Waals surface area contributed by atoms with Gasteiger partial charge in [-0.2, -0.15) is 4.98 Å². The SMILES string of the molecule is CCCCNC(=S)Nc1nc(C)cc(Nc2ccc(F)cc2)n1. The number of thiocarbonyl (C=S) groups is 1. The summed E-state index contributed by atoms with van der Waals surface area (Å²) < 4.78 is 12.9. The maximum absolute atomic E-state index is 12.9. The zero-order valence-electron chi connectivity index (χ0n) is 13.2. The van der Waals surface area contributed by atoms with Gasteiger partial charge in [0.1, 0.15) is 11.6 Å². The van der Waals surface area contributed by atoms with E-state index in [1.165, 1.54) is 12.1 Å². The smallest absolute Gasteiger partial charge is 0.231 e. The van der Waals surface area contributed by atoms with Crippen molar-refractivity contribution >= 4 is 34.8 Å². The van der Waals surface area contributed by atoms with Crippen molar-refractivity contribution in [1.82, 2.24) is 15.3 Å². The quantitative estimate of drug-likeness (QED) is 0.553. The minimum Gasteiger partial charge on any atom is -0.362 e. The summed E-state index contributed by atoms with van der Waals surface area (Å²) in [5.41, 5.74) is 1.54. The minimum atomic E-state index is -0.278. The molecule has 5 nitrogen and oxygen atoms in total. The van der Waals surface area contributed by atoms with E-state index in [-0.39, 0.29) is 5.82 Å². The van der Waals surface area contributed by atoms with Gasteiger partial charge < -0.3 is 16.0 Å². The van der Waals surface area contributed by atoms with Crippen LogP contribution in [0.15, 0.2) is 30.3 Å². The average molecular weight is 333 g/mol. The predicted octanol–water partition coefficient (Wildman–Crippen LogP) is 3.75. The number of halogens is 1. The number of unbranched alkanes of at least 4 members (excludes halogenated alkanes) is 1. The molecule has 2 rings (SSSR count). The number of anilines is 3. The highest BCUT2D eigenvalue weighted by molar-refractivity contribution is 7.80. The van der Waals surface area contributed by atoms with Crippen LogP contribution in [0.5, 0.6) is 0 Å². The second-order valence-corrected chi connectivity index (χ2v) is 5.49. The maximum Gasteiger partial charge on any atom is 0.231 e. The first-order valence-corrected chi connectivity index (χ1v) is 7.91. The minimum absolute atomic E-state index is 0.278. The van der Waals surface area contributed by atoms with E-state index >= 15 is 0 Å². The summed E-state index contributed by atoms with van der Waals surface area (Å²) >= 11 is 5.22. The van der Waals surface area contributed by atoms with Gasteiger partial charge in [-0.3, -0.25) is 0 Å². The second kappa shape index (κ2) is 8.38. The van der Waals surface area contributed by atoms with E-state index in [0.29, 0.717) is 16.9 Å². The monoisotopic (exact) mass is 333 g/mol. The first-order valence-electron chi connectivity index (χ1n) is 7.50. The Labute approximate surface area is 140 Å². The van der Waals surface area contributed by atoms with Gasteiger partial charge in [0.05, 0.1) is 0 Å². The molecule has 7 heteroatoms. The van der Waals surface area contributed by atoms with Crippen LogP contribution in [0.1, 0.15) is 25.5 Å². The molecule has 1 aromatic heterocycles. The summed E-state index contributed by atoms with van der Waals surface area (Å²) in [7, 11) is 0. The van der Waals surface area contributed by atoms with Crippen LogP contribution in [0.4, 0.5) is 21.8 Å². The third kappa shape index (κ3) is 5.78. The van der Waals surface area contributed by atoms with Crippen molar-refractivity contribution in [3.8, 4) is 0 Å². The van der Waals surface area contributed by atoms with E-state index in [2.05, 4.69) is 32.8 Å². The van der Waals surface area contributed by atoms with Crippen LogP contribution in [0.3, 0.4) is 0 Å². The summed E-state index contributed by atoms with van der Waals surface area (Å²) in [4.78, 5) is 8.67. The van der Waals surface area contributed by atoms with E-state index in [9.17, 15) is 4.39 Å². The van der Waals surface area contributed by atoms with Crippen LogP contribution in [-0.4, -0.2) is 21.6 Å². The summed E-state index contributed by atoms with van der Waals surface area (Å²) in [5, 5.41) is 9.69. The predicted molar refractivity (Wildman–Crippen MR) is 95.6 cm³/mol. The fraction of sp³-hybridized carbons (Fsp3) is 0.312. The van der Waals surface area contributed by atoms with E-state index < -0.39 is 0 Å². The molecule has 0 bridgehead atoms. The third-order valence-corrected chi connectivity index (χ3v) is 3.26. The number of hydrogen-bond acceptors (Lipinski definition) is 4. The lowest BCUT2D eigenvalue weighted by molar-refractivity contribution is 0.628. The fourth-order valence-electron chi connectivity index (χ4n) is 1.89. The van der Waals surface area contributed by atoms with Crippen molar-refractivity contribution in [1.29, 1.82) is 0 Å². The second-order valence-electron chi connectivity index (χ2n) is 5.08. The molecule has 0 aliphatic carbocycles. The number of benzene rings is 1. The number of nitrogens with zero attached hydrogens (tertiary/aromatic N) is 2. The topological polar surface area (TPSA) is 61.9 Å². The Kier molecular flexibility index (Phi) is 6.22. The first kappa shape index (κ1) is 17.1. The summed E-state index contributed by atoms with van der Waals surface area (Å²) in [6, 6.07) is 7.89. The van der Waals surface area contributed by atoms with Crippen molar-refractivity contribution < 1.29 is 4.39 Å². The summed E-state index contributed by atoms with van der Waals surface area (Å²) in [6.45, 7) is 4.81. The van der Waals surface area contributed by atoms with Gasteiger partial charge in [0.2, 0.25) is 5.95 Å². The highest BCUT2D eigenvalue weighted by atomic mass is 32.1. The molecule has 0 radical (unpaired) electrons. The van der Waals surface area contributed by atoms with Gasteiger partial charge in [-0.1, -0.05) is 13.3 Å². The summed E-state index contributed by atoms with van der Waals surface area (Å²) in [5.74, 6) is 0.756. The average Bonchev–Trinajstić information content (AvgIpc) is 2.49. The highest BCUT2D eigenvalue weighted by Gasteiger charge is 2.05. The Bertz CT molecular complexity index is 660. The van der Waals surface area contributed by atoms with Crippen LogP contribution >= 0.6 is 12.2 Å².